The Bertz CT molecular complexity index is 674. The molecule has 7 heteroatoms. The molecule has 20 heavy (non-hydrogen) atoms. The van der Waals surface area contributed by atoms with Crippen molar-refractivity contribution in [1.29, 1.82) is 0 Å². The summed E-state index contributed by atoms with van der Waals surface area (Å²) < 4.78 is 1.01. The van der Waals surface area contributed by atoms with Gasteiger partial charge in [0, 0.05) is 21.5 Å². The van der Waals surface area contributed by atoms with E-state index in [1.54, 1.807) is 0 Å². The molecule has 2 rings (SSSR count). The molecule has 0 saturated heterocycles. The molecule has 106 valence electrons. The van der Waals surface area contributed by atoms with E-state index in [9.17, 15) is 4.79 Å². The fourth-order valence-electron chi connectivity index (χ4n) is 1.71. The Morgan fingerprint density at radius 1 is 1.45 bits per heavy atom. The maximum absolute atomic E-state index is 11.4. The van der Waals surface area contributed by atoms with Crippen LogP contribution < -0.4 is 16.6 Å². The fourth-order valence-corrected chi connectivity index (χ4v) is 3.09. The van der Waals surface area contributed by atoms with Crippen molar-refractivity contribution in [2.75, 3.05) is 12.8 Å². The number of aromatic amines is 1. The standard InChI is InChI=1S/C13H15BrN4OS/c1-7(16-2)9-5-8(14)3-4-10(9)20-13-17-11(15)6-12(19)18-13/h3-7,16H,1-2H3,(H3,15,17,18,19). The smallest absolute Gasteiger partial charge is 0.253 e. The lowest BCUT2D eigenvalue weighted by atomic mass is 10.1. The van der Waals surface area contributed by atoms with Gasteiger partial charge in [-0.15, -0.1) is 0 Å². The van der Waals surface area contributed by atoms with Crippen LogP contribution in [0.3, 0.4) is 0 Å². The number of nitrogens with zero attached hydrogens (tertiary/aromatic N) is 1. The van der Waals surface area contributed by atoms with Crippen LogP contribution in [0, 0.1) is 0 Å². The third kappa shape index (κ3) is 3.62. The van der Waals surface area contributed by atoms with Crippen LogP contribution in [0.5, 0.6) is 0 Å². The van der Waals surface area contributed by atoms with Crippen molar-refractivity contribution in [3.63, 3.8) is 0 Å². The monoisotopic (exact) mass is 354 g/mol. The van der Waals surface area contributed by atoms with Gasteiger partial charge in [-0.3, -0.25) is 4.79 Å². The van der Waals surface area contributed by atoms with Crippen LogP contribution in [0.2, 0.25) is 0 Å². The van der Waals surface area contributed by atoms with E-state index < -0.39 is 0 Å². The van der Waals surface area contributed by atoms with Crippen LogP contribution in [-0.4, -0.2) is 17.0 Å². The molecule has 0 aliphatic heterocycles. The average molecular weight is 355 g/mol. The summed E-state index contributed by atoms with van der Waals surface area (Å²) >= 11 is 4.86. The molecule has 0 saturated carbocycles. The number of nitrogens with one attached hydrogen (secondary N) is 2. The molecule has 1 aromatic heterocycles. The van der Waals surface area contributed by atoms with Gasteiger partial charge in [-0.25, -0.2) is 4.98 Å². The van der Waals surface area contributed by atoms with Crippen LogP contribution in [0.1, 0.15) is 18.5 Å². The van der Waals surface area contributed by atoms with Crippen LogP contribution in [-0.2, 0) is 0 Å². The summed E-state index contributed by atoms with van der Waals surface area (Å²) in [5, 5.41) is 3.69. The highest BCUT2D eigenvalue weighted by atomic mass is 79.9. The summed E-state index contributed by atoms with van der Waals surface area (Å²) in [5.74, 6) is 0.219. The van der Waals surface area contributed by atoms with E-state index in [-0.39, 0.29) is 17.4 Å². The lowest BCUT2D eigenvalue weighted by Crippen LogP contribution is -2.13. The topological polar surface area (TPSA) is 83.8 Å². The molecule has 2 aromatic rings. The number of rotatable bonds is 4. The summed E-state index contributed by atoms with van der Waals surface area (Å²) in [7, 11) is 1.90. The predicted molar refractivity (Wildman–Crippen MR) is 85.0 cm³/mol. The molecular formula is C13H15BrN4OS. The summed E-state index contributed by atoms with van der Waals surface area (Å²) in [6.07, 6.45) is 0. The minimum atomic E-state index is -0.250. The van der Waals surface area contributed by atoms with Gasteiger partial charge in [0.05, 0.1) is 0 Å². The molecule has 0 aliphatic carbocycles. The molecule has 0 radical (unpaired) electrons. The van der Waals surface area contributed by atoms with Crippen LogP contribution in [0.4, 0.5) is 5.82 Å². The van der Waals surface area contributed by atoms with E-state index in [0.29, 0.717) is 5.16 Å². The van der Waals surface area contributed by atoms with E-state index in [1.165, 1.54) is 17.8 Å². The third-order valence-electron chi connectivity index (χ3n) is 2.82. The molecule has 0 fully saturated rings. The second-order valence-electron chi connectivity index (χ2n) is 4.27. The number of nitrogen functional groups attached to an aromatic ring is 1. The summed E-state index contributed by atoms with van der Waals surface area (Å²) in [4.78, 5) is 19.2. The minimum absolute atomic E-state index is 0.183. The summed E-state index contributed by atoms with van der Waals surface area (Å²) in [5.41, 5.74) is 6.47. The zero-order valence-corrected chi connectivity index (χ0v) is 13.5. The van der Waals surface area contributed by atoms with Crippen molar-refractivity contribution in [3.8, 4) is 0 Å². The molecule has 0 amide bonds. The Morgan fingerprint density at radius 2 is 2.20 bits per heavy atom. The van der Waals surface area contributed by atoms with Crippen LogP contribution in [0.15, 0.2) is 43.6 Å². The van der Waals surface area contributed by atoms with Gasteiger partial charge in [0.1, 0.15) is 5.82 Å². The van der Waals surface area contributed by atoms with Gasteiger partial charge < -0.3 is 16.0 Å². The number of anilines is 1. The molecule has 5 nitrogen and oxygen atoms in total. The number of hydrogen-bond donors (Lipinski definition) is 3. The predicted octanol–water partition coefficient (Wildman–Crippen LogP) is 2.55. The Morgan fingerprint density at radius 3 is 2.85 bits per heavy atom. The maximum atomic E-state index is 11.4. The lowest BCUT2D eigenvalue weighted by molar-refractivity contribution is 0.641. The average Bonchev–Trinajstić information content (AvgIpc) is 2.38. The SMILES string of the molecule is CNC(C)c1cc(Br)ccc1Sc1nc(N)cc(=O)[nH]1. The van der Waals surface area contributed by atoms with Crippen molar-refractivity contribution in [3.05, 3.63) is 44.7 Å². The number of hydrogen-bond acceptors (Lipinski definition) is 5. The highest BCUT2D eigenvalue weighted by Crippen LogP contribution is 2.33. The van der Waals surface area contributed by atoms with Gasteiger partial charge in [-0.1, -0.05) is 27.7 Å². The Balaban J connectivity index is 2.40. The first kappa shape index (κ1) is 15.1. The number of H-pyrrole nitrogens is 1. The first-order valence-corrected chi connectivity index (χ1v) is 7.62. The van der Waals surface area contributed by atoms with Crippen molar-refractivity contribution in [1.82, 2.24) is 15.3 Å². The largest absolute Gasteiger partial charge is 0.383 e. The second-order valence-corrected chi connectivity index (χ2v) is 6.22. The van der Waals surface area contributed by atoms with Crippen LogP contribution >= 0.6 is 27.7 Å². The van der Waals surface area contributed by atoms with Crippen molar-refractivity contribution in [2.45, 2.75) is 23.0 Å². The fraction of sp³-hybridized carbons (Fsp3) is 0.231. The van der Waals surface area contributed by atoms with E-state index in [0.717, 1.165) is 14.9 Å². The highest BCUT2D eigenvalue weighted by Gasteiger charge is 2.12. The summed E-state index contributed by atoms with van der Waals surface area (Å²) in [6, 6.07) is 7.44. The number of aromatic nitrogens is 2. The Labute approximate surface area is 129 Å². The minimum Gasteiger partial charge on any atom is -0.383 e. The van der Waals surface area contributed by atoms with Crippen molar-refractivity contribution < 1.29 is 0 Å². The van der Waals surface area contributed by atoms with Crippen molar-refractivity contribution in [2.24, 2.45) is 0 Å². The number of nitrogens with two attached hydrogens (primary N) is 1. The molecule has 1 unspecified atom stereocenters. The lowest BCUT2D eigenvalue weighted by Gasteiger charge is -2.15. The number of benzene rings is 1. The van der Waals surface area contributed by atoms with E-state index in [1.807, 2.05) is 25.2 Å². The molecule has 1 aromatic carbocycles. The quantitative estimate of drug-likeness (QED) is 0.734. The molecule has 0 bridgehead atoms. The zero-order valence-electron chi connectivity index (χ0n) is 11.1. The van der Waals surface area contributed by atoms with Gasteiger partial charge in [0.15, 0.2) is 5.16 Å². The van der Waals surface area contributed by atoms with Crippen LogP contribution in [0.25, 0.3) is 0 Å². The second kappa shape index (κ2) is 6.43. The normalized spacial score (nSPS) is 12.3. The Hall–Kier alpha value is -1.31. The summed E-state index contributed by atoms with van der Waals surface area (Å²) in [6.45, 7) is 2.07. The van der Waals surface area contributed by atoms with Gasteiger partial charge >= 0.3 is 0 Å². The zero-order chi connectivity index (χ0) is 14.7. The maximum Gasteiger partial charge on any atom is 0.253 e. The number of halogens is 1. The van der Waals surface area contributed by atoms with E-state index >= 15 is 0 Å². The van der Waals surface area contributed by atoms with Crippen molar-refractivity contribution >= 4 is 33.5 Å². The molecule has 1 atom stereocenters. The van der Waals surface area contributed by atoms with Gasteiger partial charge in [-0.2, -0.15) is 0 Å². The third-order valence-corrected chi connectivity index (χ3v) is 4.29. The molecule has 0 spiro atoms. The Kier molecular flexibility index (Phi) is 4.85. The molecule has 4 N–H and O–H groups in total. The van der Waals surface area contributed by atoms with Gasteiger partial charge in [0.25, 0.3) is 5.56 Å². The van der Waals surface area contributed by atoms with Gasteiger partial charge in [0.2, 0.25) is 0 Å². The van der Waals surface area contributed by atoms with E-state index in [4.69, 9.17) is 5.73 Å². The highest BCUT2D eigenvalue weighted by molar-refractivity contribution is 9.10. The van der Waals surface area contributed by atoms with E-state index in [2.05, 4.69) is 38.1 Å². The molecular weight excluding hydrogens is 340 g/mol. The molecule has 1 heterocycles. The molecule has 0 aliphatic rings. The first-order valence-electron chi connectivity index (χ1n) is 6.01. The first-order chi connectivity index (χ1) is 9.49. The van der Waals surface area contributed by atoms with Gasteiger partial charge in [-0.05, 0) is 37.7 Å².